The van der Waals surface area contributed by atoms with Crippen molar-refractivity contribution in [3.05, 3.63) is 60.0 Å². The Morgan fingerprint density at radius 2 is 1.88 bits per heavy atom. The van der Waals surface area contributed by atoms with E-state index in [1.807, 2.05) is 55.5 Å². The van der Waals surface area contributed by atoms with Gasteiger partial charge in [-0.25, -0.2) is 0 Å². The maximum absolute atomic E-state index is 6.03. The van der Waals surface area contributed by atoms with Crippen molar-refractivity contribution in [3.8, 4) is 22.9 Å². The highest BCUT2D eigenvalue weighted by Crippen LogP contribution is 2.37. The van der Waals surface area contributed by atoms with Crippen LogP contribution in [-0.2, 0) is 13.2 Å². The molecular weight excluding hydrogens is 306 g/mol. The van der Waals surface area contributed by atoms with Gasteiger partial charge < -0.3 is 19.7 Å². The first kappa shape index (κ1) is 16.0. The summed E-state index contributed by atoms with van der Waals surface area (Å²) in [7, 11) is 0. The SMILES string of the molecule is CCOc1cccc(-c2noc(CN)n2)c1OCc1ccccc1. The van der Waals surface area contributed by atoms with Crippen molar-refractivity contribution in [3.63, 3.8) is 0 Å². The molecular formula is C18H19N3O3. The van der Waals surface area contributed by atoms with E-state index in [2.05, 4.69) is 10.1 Å². The highest BCUT2D eigenvalue weighted by Gasteiger charge is 2.17. The molecule has 0 saturated carbocycles. The molecule has 0 atom stereocenters. The van der Waals surface area contributed by atoms with Gasteiger partial charge in [0.05, 0.1) is 18.7 Å². The Balaban J connectivity index is 1.94. The number of hydrogen-bond donors (Lipinski definition) is 1. The summed E-state index contributed by atoms with van der Waals surface area (Å²) in [6, 6.07) is 15.5. The number of para-hydroxylation sites is 1. The fraction of sp³-hybridized carbons (Fsp3) is 0.222. The van der Waals surface area contributed by atoms with Crippen LogP contribution in [0.4, 0.5) is 0 Å². The van der Waals surface area contributed by atoms with Crippen molar-refractivity contribution >= 4 is 0 Å². The zero-order chi connectivity index (χ0) is 16.8. The van der Waals surface area contributed by atoms with Crippen LogP contribution in [0, 0.1) is 0 Å². The van der Waals surface area contributed by atoms with Gasteiger partial charge in [0, 0.05) is 0 Å². The maximum atomic E-state index is 6.03. The van der Waals surface area contributed by atoms with Crippen molar-refractivity contribution in [2.24, 2.45) is 5.73 Å². The monoisotopic (exact) mass is 325 g/mol. The number of nitrogens with two attached hydrogens (primary N) is 1. The third-order valence-electron chi connectivity index (χ3n) is 3.39. The molecule has 0 unspecified atom stereocenters. The Kier molecular flexibility index (Phi) is 5.08. The summed E-state index contributed by atoms with van der Waals surface area (Å²) in [4.78, 5) is 4.28. The lowest BCUT2D eigenvalue weighted by Crippen LogP contribution is -2.02. The zero-order valence-electron chi connectivity index (χ0n) is 13.4. The van der Waals surface area contributed by atoms with Crippen molar-refractivity contribution in [1.82, 2.24) is 10.1 Å². The van der Waals surface area contributed by atoms with Crippen molar-refractivity contribution in [2.75, 3.05) is 6.61 Å². The van der Waals surface area contributed by atoms with E-state index in [0.717, 1.165) is 5.56 Å². The molecule has 3 aromatic rings. The third-order valence-corrected chi connectivity index (χ3v) is 3.39. The van der Waals surface area contributed by atoms with Gasteiger partial charge in [0.1, 0.15) is 6.61 Å². The molecule has 1 heterocycles. The second-order valence-corrected chi connectivity index (χ2v) is 5.06. The molecule has 0 radical (unpaired) electrons. The van der Waals surface area contributed by atoms with E-state index in [4.69, 9.17) is 19.7 Å². The molecule has 3 rings (SSSR count). The molecule has 0 aliphatic carbocycles. The molecule has 124 valence electrons. The van der Waals surface area contributed by atoms with Gasteiger partial charge in [0.15, 0.2) is 11.5 Å². The van der Waals surface area contributed by atoms with Gasteiger partial charge in [-0.15, -0.1) is 0 Å². The predicted molar refractivity (Wildman–Crippen MR) is 89.6 cm³/mol. The Hall–Kier alpha value is -2.86. The Morgan fingerprint density at radius 3 is 2.58 bits per heavy atom. The van der Waals surface area contributed by atoms with E-state index in [9.17, 15) is 0 Å². The highest BCUT2D eigenvalue weighted by molar-refractivity contribution is 5.68. The van der Waals surface area contributed by atoms with Crippen LogP contribution in [0.25, 0.3) is 11.4 Å². The maximum Gasteiger partial charge on any atom is 0.240 e. The van der Waals surface area contributed by atoms with Gasteiger partial charge in [0.25, 0.3) is 0 Å². The summed E-state index contributed by atoms with van der Waals surface area (Å²) >= 11 is 0. The van der Waals surface area contributed by atoms with Gasteiger partial charge >= 0.3 is 0 Å². The van der Waals surface area contributed by atoms with E-state index in [0.29, 0.717) is 42.0 Å². The minimum atomic E-state index is 0.193. The van der Waals surface area contributed by atoms with E-state index in [-0.39, 0.29) is 6.54 Å². The first-order chi connectivity index (χ1) is 11.8. The summed E-state index contributed by atoms with van der Waals surface area (Å²) in [5.41, 5.74) is 7.31. The second kappa shape index (κ2) is 7.61. The summed E-state index contributed by atoms with van der Waals surface area (Å²) in [5, 5.41) is 3.97. The van der Waals surface area contributed by atoms with Crippen LogP contribution >= 0.6 is 0 Å². The zero-order valence-corrected chi connectivity index (χ0v) is 13.4. The van der Waals surface area contributed by atoms with Gasteiger partial charge in [-0.1, -0.05) is 41.6 Å². The standard InChI is InChI=1S/C18H19N3O3/c1-2-22-15-10-6-9-14(18-20-16(11-19)24-21-18)17(15)23-12-13-7-4-3-5-8-13/h3-10H,2,11-12,19H2,1H3. The van der Waals surface area contributed by atoms with Gasteiger partial charge in [-0.3, -0.25) is 0 Å². The first-order valence-electron chi connectivity index (χ1n) is 7.77. The lowest BCUT2D eigenvalue weighted by atomic mass is 10.1. The molecule has 6 heteroatoms. The lowest BCUT2D eigenvalue weighted by Gasteiger charge is -2.14. The summed E-state index contributed by atoms with van der Waals surface area (Å²) in [6.45, 7) is 3.07. The van der Waals surface area contributed by atoms with Crippen LogP contribution in [0.3, 0.4) is 0 Å². The molecule has 1 aromatic heterocycles. The number of benzene rings is 2. The molecule has 6 nitrogen and oxygen atoms in total. The molecule has 0 aliphatic heterocycles. The quantitative estimate of drug-likeness (QED) is 0.718. The van der Waals surface area contributed by atoms with Crippen LogP contribution in [0.2, 0.25) is 0 Å². The van der Waals surface area contributed by atoms with Crippen LogP contribution in [0.15, 0.2) is 53.1 Å². The minimum Gasteiger partial charge on any atom is -0.490 e. The molecule has 0 saturated heterocycles. The topological polar surface area (TPSA) is 83.4 Å². The second-order valence-electron chi connectivity index (χ2n) is 5.06. The molecule has 0 amide bonds. The number of rotatable bonds is 7. The van der Waals surface area contributed by atoms with Crippen molar-refractivity contribution in [1.29, 1.82) is 0 Å². The van der Waals surface area contributed by atoms with Gasteiger partial charge in [-0.05, 0) is 24.6 Å². The predicted octanol–water partition coefficient (Wildman–Crippen LogP) is 3.17. The average Bonchev–Trinajstić information content (AvgIpc) is 3.10. The lowest BCUT2D eigenvalue weighted by molar-refractivity contribution is 0.270. The van der Waals surface area contributed by atoms with Gasteiger partial charge in [-0.2, -0.15) is 4.98 Å². The molecule has 0 spiro atoms. The number of nitrogens with zero attached hydrogens (tertiary/aromatic N) is 2. The minimum absolute atomic E-state index is 0.193. The number of ether oxygens (including phenoxy) is 2. The Morgan fingerprint density at radius 1 is 1.04 bits per heavy atom. The fourth-order valence-electron chi connectivity index (χ4n) is 2.29. The molecule has 2 N–H and O–H groups in total. The van der Waals surface area contributed by atoms with Crippen LogP contribution < -0.4 is 15.2 Å². The summed E-state index contributed by atoms with van der Waals surface area (Å²) in [5.74, 6) is 2.04. The van der Waals surface area contributed by atoms with Gasteiger partial charge in [0.2, 0.25) is 11.7 Å². The number of aromatic nitrogens is 2. The molecule has 0 aliphatic rings. The Labute approximate surface area is 140 Å². The number of hydrogen-bond acceptors (Lipinski definition) is 6. The van der Waals surface area contributed by atoms with E-state index in [1.54, 1.807) is 0 Å². The van der Waals surface area contributed by atoms with E-state index >= 15 is 0 Å². The largest absolute Gasteiger partial charge is 0.490 e. The van der Waals surface area contributed by atoms with E-state index < -0.39 is 0 Å². The van der Waals surface area contributed by atoms with Crippen molar-refractivity contribution in [2.45, 2.75) is 20.1 Å². The fourth-order valence-corrected chi connectivity index (χ4v) is 2.29. The summed E-state index contributed by atoms with van der Waals surface area (Å²) in [6.07, 6.45) is 0. The first-order valence-corrected chi connectivity index (χ1v) is 7.77. The molecule has 0 bridgehead atoms. The smallest absolute Gasteiger partial charge is 0.240 e. The Bertz CT molecular complexity index is 787. The van der Waals surface area contributed by atoms with E-state index in [1.165, 1.54) is 0 Å². The van der Waals surface area contributed by atoms with Crippen LogP contribution in [0.5, 0.6) is 11.5 Å². The molecule has 0 fully saturated rings. The average molecular weight is 325 g/mol. The van der Waals surface area contributed by atoms with Crippen LogP contribution in [0.1, 0.15) is 18.4 Å². The third kappa shape index (κ3) is 3.55. The highest BCUT2D eigenvalue weighted by atomic mass is 16.5. The molecule has 24 heavy (non-hydrogen) atoms. The van der Waals surface area contributed by atoms with Crippen molar-refractivity contribution < 1.29 is 14.0 Å². The normalized spacial score (nSPS) is 10.6. The summed E-state index contributed by atoms with van der Waals surface area (Å²) < 4.78 is 16.8. The molecule has 2 aromatic carbocycles. The van der Waals surface area contributed by atoms with Crippen LogP contribution in [-0.4, -0.2) is 16.7 Å².